The molecule has 0 saturated heterocycles. The lowest BCUT2D eigenvalue weighted by Gasteiger charge is -2.13. The fourth-order valence-corrected chi connectivity index (χ4v) is 2.46. The second-order valence-corrected chi connectivity index (χ2v) is 5.75. The second kappa shape index (κ2) is 12.7. The molecule has 7 nitrogen and oxygen atoms in total. The molecule has 0 heterocycles. The monoisotopic (exact) mass is 496 g/mol. The van der Waals surface area contributed by atoms with Crippen LogP contribution in [0.3, 0.4) is 0 Å². The number of methoxy groups -OCH3 is 1. The van der Waals surface area contributed by atoms with E-state index in [0.717, 1.165) is 23.3 Å². The standard InChI is InChI=1S/C20H24N4O3.HI/c1-3-13-21-20(22-14-12-17-6-4-5-7-19(17)27-2)23-15-16-8-10-18(11-9-16)24(25)26;/h3-11H,1,12-15H2,2H3,(H2,21,22,23);1H. The minimum atomic E-state index is -0.413. The van der Waals surface area contributed by atoms with Crippen LogP contribution in [0.25, 0.3) is 0 Å². The number of nitrogens with one attached hydrogen (secondary N) is 2. The summed E-state index contributed by atoms with van der Waals surface area (Å²) in [6, 6.07) is 14.3. The first-order chi connectivity index (χ1) is 13.1. The van der Waals surface area contributed by atoms with Gasteiger partial charge in [0.25, 0.3) is 5.69 Å². The summed E-state index contributed by atoms with van der Waals surface area (Å²) in [5, 5.41) is 17.2. The van der Waals surface area contributed by atoms with Crippen LogP contribution in [-0.4, -0.2) is 31.1 Å². The van der Waals surface area contributed by atoms with Gasteiger partial charge in [0, 0.05) is 25.2 Å². The van der Waals surface area contributed by atoms with Crippen molar-refractivity contribution in [2.45, 2.75) is 13.0 Å². The molecule has 2 aromatic rings. The van der Waals surface area contributed by atoms with Gasteiger partial charge in [-0.2, -0.15) is 0 Å². The van der Waals surface area contributed by atoms with Gasteiger partial charge in [-0.3, -0.25) is 10.1 Å². The van der Waals surface area contributed by atoms with E-state index in [4.69, 9.17) is 4.74 Å². The van der Waals surface area contributed by atoms with Crippen LogP contribution in [0.5, 0.6) is 5.75 Å². The Balaban J connectivity index is 0.00000392. The summed E-state index contributed by atoms with van der Waals surface area (Å²) in [5.41, 5.74) is 2.08. The van der Waals surface area contributed by atoms with E-state index in [-0.39, 0.29) is 29.7 Å². The Morgan fingerprint density at radius 2 is 1.93 bits per heavy atom. The van der Waals surface area contributed by atoms with E-state index in [1.807, 2.05) is 24.3 Å². The van der Waals surface area contributed by atoms with Gasteiger partial charge in [0.15, 0.2) is 5.96 Å². The van der Waals surface area contributed by atoms with Crippen LogP contribution >= 0.6 is 24.0 Å². The van der Waals surface area contributed by atoms with Gasteiger partial charge in [-0.25, -0.2) is 4.99 Å². The molecule has 0 atom stereocenters. The van der Waals surface area contributed by atoms with Crippen LogP contribution in [0, 0.1) is 10.1 Å². The molecule has 0 aliphatic carbocycles. The van der Waals surface area contributed by atoms with Crippen molar-refractivity contribution in [3.05, 3.63) is 82.4 Å². The molecule has 8 heteroatoms. The summed E-state index contributed by atoms with van der Waals surface area (Å²) in [7, 11) is 1.66. The van der Waals surface area contributed by atoms with Gasteiger partial charge in [0.2, 0.25) is 0 Å². The molecule has 0 bridgehead atoms. The lowest BCUT2D eigenvalue weighted by atomic mass is 10.1. The lowest BCUT2D eigenvalue weighted by molar-refractivity contribution is -0.384. The molecule has 0 aliphatic heterocycles. The number of hydrogen-bond donors (Lipinski definition) is 2. The average Bonchev–Trinajstić information content (AvgIpc) is 2.70. The number of benzene rings is 2. The first-order valence-electron chi connectivity index (χ1n) is 8.62. The number of halogens is 1. The zero-order chi connectivity index (χ0) is 19.5. The van der Waals surface area contributed by atoms with Crippen molar-refractivity contribution in [2.24, 2.45) is 4.99 Å². The van der Waals surface area contributed by atoms with E-state index in [0.29, 0.717) is 25.6 Å². The number of aliphatic imine (C=N–C) groups is 1. The summed E-state index contributed by atoms with van der Waals surface area (Å²) in [4.78, 5) is 14.8. The SMILES string of the molecule is C=CCNC(=NCc1ccc([N+](=O)[O-])cc1)NCCc1ccccc1OC.I. The third-order valence-electron chi connectivity index (χ3n) is 3.86. The Morgan fingerprint density at radius 3 is 2.57 bits per heavy atom. The normalized spacial score (nSPS) is 10.5. The van der Waals surface area contributed by atoms with E-state index in [2.05, 4.69) is 22.2 Å². The number of rotatable bonds is 9. The quantitative estimate of drug-likeness (QED) is 0.138. The Hall–Kier alpha value is -2.62. The molecule has 0 unspecified atom stereocenters. The minimum Gasteiger partial charge on any atom is -0.496 e. The maximum Gasteiger partial charge on any atom is 0.269 e. The van der Waals surface area contributed by atoms with E-state index < -0.39 is 4.92 Å². The largest absolute Gasteiger partial charge is 0.496 e. The molecule has 0 aromatic heterocycles. The summed E-state index contributed by atoms with van der Waals surface area (Å²) in [6.45, 7) is 5.39. The van der Waals surface area contributed by atoms with E-state index in [1.54, 1.807) is 25.3 Å². The first-order valence-corrected chi connectivity index (χ1v) is 8.62. The molecule has 2 rings (SSSR count). The molecular formula is C20H25IN4O3. The number of nitro benzene ring substituents is 1. The fourth-order valence-electron chi connectivity index (χ4n) is 2.46. The van der Waals surface area contributed by atoms with Crippen LogP contribution in [0.1, 0.15) is 11.1 Å². The summed E-state index contributed by atoms with van der Waals surface area (Å²) in [5.74, 6) is 1.52. The number of guanidine groups is 1. The van der Waals surface area contributed by atoms with E-state index in [1.165, 1.54) is 12.1 Å². The van der Waals surface area contributed by atoms with Gasteiger partial charge in [-0.15, -0.1) is 30.6 Å². The number of nitro groups is 1. The van der Waals surface area contributed by atoms with Crippen LogP contribution < -0.4 is 15.4 Å². The lowest BCUT2D eigenvalue weighted by Crippen LogP contribution is -2.38. The van der Waals surface area contributed by atoms with Crippen molar-refractivity contribution in [3.63, 3.8) is 0 Å². The van der Waals surface area contributed by atoms with Crippen molar-refractivity contribution in [1.82, 2.24) is 10.6 Å². The summed E-state index contributed by atoms with van der Waals surface area (Å²) >= 11 is 0. The number of nitrogens with zero attached hydrogens (tertiary/aromatic N) is 2. The topological polar surface area (TPSA) is 88.8 Å². The van der Waals surface area contributed by atoms with Crippen molar-refractivity contribution < 1.29 is 9.66 Å². The Labute approximate surface area is 182 Å². The highest BCUT2D eigenvalue weighted by molar-refractivity contribution is 14.0. The predicted molar refractivity (Wildman–Crippen MR) is 123 cm³/mol. The van der Waals surface area contributed by atoms with Crippen molar-refractivity contribution >= 4 is 35.6 Å². The van der Waals surface area contributed by atoms with Crippen LogP contribution in [0.4, 0.5) is 5.69 Å². The zero-order valence-corrected chi connectivity index (χ0v) is 18.1. The molecular weight excluding hydrogens is 471 g/mol. The Kier molecular flexibility index (Phi) is 10.6. The van der Waals surface area contributed by atoms with E-state index >= 15 is 0 Å². The van der Waals surface area contributed by atoms with Crippen LogP contribution in [0.15, 0.2) is 66.2 Å². The smallest absolute Gasteiger partial charge is 0.269 e. The van der Waals surface area contributed by atoms with Gasteiger partial charge in [-0.05, 0) is 23.6 Å². The molecule has 150 valence electrons. The Bertz CT molecular complexity index is 794. The number of non-ortho nitro benzene ring substituents is 1. The highest BCUT2D eigenvalue weighted by Crippen LogP contribution is 2.17. The number of hydrogen-bond acceptors (Lipinski definition) is 4. The molecule has 0 radical (unpaired) electrons. The molecule has 2 N–H and O–H groups in total. The highest BCUT2D eigenvalue weighted by Gasteiger charge is 2.05. The zero-order valence-electron chi connectivity index (χ0n) is 15.8. The molecule has 0 spiro atoms. The van der Waals surface area contributed by atoms with Crippen molar-refractivity contribution in [2.75, 3.05) is 20.2 Å². The maximum absolute atomic E-state index is 10.7. The van der Waals surface area contributed by atoms with Gasteiger partial charge in [0.05, 0.1) is 18.6 Å². The molecule has 0 saturated carbocycles. The molecule has 28 heavy (non-hydrogen) atoms. The third-order valence-corrected chi connectivity index (χ3v) is 3.86. The number of para-hydroxylation sites is 1. The predicted octanol–water partition coefficient (Wildman–Crippen LogP) is 3.69. The van der Waals surface area contributed by atoms with Gasteiger partial charge in [0.1, 0.15) is 5.75 Å². The number of ether oxygens (including phenoxy) is 1. The Morgan fingerprint density at radius 1 is 1.21 bits per heavy atom. The second-order valence-electron chi connectivity index (χ2n) is 5.75. The fraction of sp³-hybridized carbons (Fsp3) is 0.250. The first kappa shape index (κ1) is 23.4. The third kappa shape index (κ3) is 7.55. The molecule has 0 amide bonds. The van der Waals surface area contributed by atoms with Crippen LogP contribution in [0.2, 0.25) is 0 Å². The maximum atomic E-state index is 10.7. The van der Waals surface area contributed by atoms with E-state index in [9.17, 15) is 10.1 Å². The minimum absolute atomic E-state index is 0. The van der Waals surface area contributed by atoms with Gasteiger partial charge >= 0.3 is 0 Å². The van der Waals surface area contributed by atoms with Crippen molar-refractivity contribution in [1.29, 1.82) is 0 Å². The van der Waals surface area contributed by atoms with Gasteiger partial charge in [-0.1, -0.05) is 36.4 Å². The van der Waals surface area contributed by atoms with Crippen molar-refractivity contribution in [3.8, 4) is 5.75 Å². The summed E-state index contributed by atoms with van der Waals surface area (Å²) < 4.78 is 5.36. The highest BCUT2D eigenvalue weighted by atomic mass is 127. The summed E-state index contributed by atoms with van der Waals surface area (Å²) in [6.07, 6.45) is 2.54. The van der Waals surface area contributed by atoms with Crippen LogP contribution in [-0.2, 0) is 13.0 Å². The van der Waals surface area contributed by atoms with Gasteiger partial charge < -0.3 is 15.4 Å². The molecule has 2 aromatic carbocycles. The average molecular weight is 496 g/mol. The molecule has 0 aliphatic rings. The molecule has 0 fully saturated rings.